The third kappa shape index (κ3) is 3.64. The maximum atomic E-state index is 13.9. The highest BCUT2D eigenvalue weighted by atomic mass is 19.4. The van der Waals surface area contributed by atoms with Crippen LogP contribution in [-0.2, 0) is 13.2 Å². The van der Waals surface area contributed by atoms with Gasteiger partial charge in [-0.05, 0) is 45.5 Å². The summed E-state index contributed by atoms with van der Waals surface area (Å²) in [5.41, 5.74) is 1.85. The number of halogens is 3. The lowest BCUT2D eigenvalue weighted by Crippen LogP contribution is -2.21. The molecular weight excluding hydrogens is 433 g/mol. The number of nitrogens with one attached hydrogen (secondary N) is 2. The summed E-state index contributed by atoms with van der Waals surface area (Å²) in [5.74, 6) is -0.226. The third-order valence-corrected chi connectivity index (χ3v) is 6.39. The monoisotopic (exact) mass is 456 g/mol. The molecule has 172 valence electrons. The van der Waals surface area contributed by atoms with Crippen LogP contribution in [0.5, 0.6) is 0 Å². The van der Waals surface area contributed by atoms with E-state index < -0.39 is 17.6 Å². The lowest BCUT2D eigenvalue weighted by atomic mass is 10.0. The Labute approximate surface area is 187 Å². The minimum Gasteiger partial charge on any atom is -0.356 e. The number of carbonyl (C=O) groups excluding carboxylic acids is 1. The average Bonchev–Trinajstić information content (AvgIpc) is 3.42. The van der Waals surface area contributed by atoms with Gasteiger partial charge in [0.1, 0.15) is 5.82 Å². The van der Waals surface area contributed by atoms with Crippen molar-refractivity contribution in [1.82, 2.24) is 24.6 Å². The normalized spacial score (nSPS) is 17.3. The van der Waals surface area contributed by atoms with Crippen molar-refractivity contribution in [2.75, 3.05) is 18.9 Å². The molecule has 10 heteroatoms. The lowest BCUT2D eigenvalue weighted by Gasteiger charge is -2.20. The van der Waals surface area contributed by atoms with E-state index in [0.717, 1.165) is 29.6 Å². The number of pyridine rings is 1. The number of hydrogen-bond acceptors (Lipinski definition) is 4. The third-order valence-electron chi connectivity index (χ3n) is 6.39. The molecule has 1 fully saturated rings. The predicted octanol–water partition coefficient (Wildman–Crippen LogP) is 4.80. The van der Waals surface area contributed by atoms with E-state index in [1.54, 1.807) is 23.9 Å². The zero-order valence-corrected chi connectivity index (χ0v) is 18.4. The summed E-state index contributed by atoms with van der Waals surface area (Å²) in [7, 11) is 3.63. The molecule has 0 radical (unpaired) electrons. The highest BCUT2D eigenvalue weighted by molar-refractivity contribution is 6.06. The molecule has 1 amide bonds. The number of nitrogens with zero attached hydrogens (tertiary/aromatic N) is 4. The van der Waals surface area contributed by atoms with Crippen LogP contribution in [-0.4, -0.2) is 44.1 Å². The number of aromatic amines is 1. The van der Waals surface area contributed by atoms with Crippen molar-refractivity contribution in [3.63, 3.8) is 0 Å². The number of benzene rings is 1. The Morgan fingerprint density at radius 1 is 1.21 bits per heavy atom. The number of hydrogen-bond donors (Lipinski definition) is 2. The highest BCUT2D eigenvalue weighted by Gasteiger charge is 2.40. The Balaban J connectivity index is 1.49. The van der Waals surface area contributed by atoms with Crippen LogP contribution < -0.4 is 5.32 Å². The largest absolute Gasteiger partial charge is 0.418 e. The summed E-state index contributed by atoms with van der Waals surface area (Å²) in [5, 5.41) is 8.00. The summed E-state index contributed by atoms with van der Waals surface area (Å²) in [6.45, 7) is 2.64. The molecule has 4 heterocycles. The first-order chi connectivity index (χ1) is 15.6. The van der Waals surface area contributed by atoms with Crippen molar-refractivity contribution in [3.8, 4) is 0 Å². The molecule has 0 spiro atoms. The van der Waals surface area contributed by atoms with Gasteiger partial charge in [0.2, 0.25) is 0 Å². The van der Waals surface area contributed by atoms with E-state index in [0.29, 0.717) is 17.5 Å². The Morgan fingerprint density at radius 2 is 2.00 bits per heavy atom. The minimum absolute atomic E-state index is 0.00239. The van der Waals surface area contributed by atoms with Crippen LogP contribution in [0.25, 0.3) is 21.8 Å². The number of carbonyl (C=O) groups is 1. The second-order valence-corrected chi connectivity index (χ2v) is 8.56. The average molecular weight is 456 g/mol. The maximum Gasteiger partial charge on any atom is 0.418 e. The quantitative estimate of drug-likeness (QED) is 0.464. The second kappa shape index (κ2) is 7.58. The zero-order valence-electron chi connectivity index (χ0n) is 18.4. The van der Waals surface area contributed by atoms with Crippen LogP contribution in [0, 0.1) is 6.92 Å². The van der Waals surface area contributed by atoms with Gasteiger partial charge in [0.25, 0.3) is 5.91 Å². The Bertz CT molecular complexity index is 1390. The molecule has 0 aliphatic carbocycles. The van der Waals surface area contributed by atoms with Gasteiger partial charge in [-0.2, -0.15) is 18.3 Å². The van der Waals surface area contributed by atoms with Gasteiger partial charge in [0.15, 0.2) is 0 Å². The smallest absolute Gasteiger partial charge is 0.356 e. The van der Waals surface area contributed by atoms with E-state index >= 15 is 0 Å². The Kier molecular flexibility index (Phi) is 4.93. The number of rotatable bonds is 3. The molecule has 0 bridgehead atoms. The van der Waals surface area contributed by atoms with Crippen molar-refractivity contribution in [2.24, 2.45) is 7.05 Å². The molecule has 1 aliphatic rings. The number of H-pyrrole nitrogens is 1. The zero-order chi connectivity index (χ0) is 23.5. The molecular formula is C23H23F3N6O. The summed E-state index contributed by atoms with van der Waals surface area (Å²) in [6, 6.07) is 6.37. The Hall–Kier alpha value is -3.40. The van der Waals surface area contributed by atoms with Crippen LogP contribution in [0.4, 0.5) is 19.0 Å². The van der Waals surface area contributed by atoms with Crippen molar-refractivity contribution >= 4 is 33.5 Å². The molecule has 1 saturated heterocycles. The fraction of sp³-hybridized carbons (Fsp3) is 0.348. The summed E-state index contributed by atoms with van der Waals surface area (Å²) in [6.07, 6.45) is -1.84. The summed E-state index contributed by atoms with van der Waals surface area (Å²) < 4.78 is 43.5. The van der Waals surface area contributed by atoms with Crippen molar-refractivity contribution in [1.29, 1.82) is 0 Å². The fourth-order valence-corrected chi connectivity index (χ4v) is 4.78. The number of aromatic nitrogens is 4. The van der Waals surface area contributed by atoms with E-state index in [-0.39, 0.29) is 22.9 Å². The van der Waals surface area contributed by atoms with Gasteiger partial charge in [-0.25, -0.2) is 4.98 Å². The molecule has 1 aromatic carbocycles. The van der Waals surface area contributed by atoms with Crippen LogP contribution in [0.2, 0.25) is 0 Å². The number of fused-ring (bicyclic) bond motifs is 2. The molecule has 1 atom stereocenters. The summed E-state index contributed by atoms with van der Waals surface area (Å²) in [4.78, 5) is 21.8. The first kappa shape index (κ1) is 21.4. The molecule has 1 aliphatic heterocycles. The molecule has 3 aromatic heterocycles. The van der Waals surface area contributed by atoms with Gasteiger partial charge in [0.05, 0.1) is 28.3 Å². The van der Waals surface area contributed by atoms with Gasteiger partial charge in [-0.3, -0.25) is 14.4 Å². The van der Waals surface area contributed by atoms with E-state index in [1.807, 2.05) is 24.9 Å². The first-order valence-corrected chi connectivity index (χ1v) is 10.7. The lowest BCUT2D eigenvalue weighted by molar-refractivity contribution is -0.137. The van der Waals surface area contributed by atoms with Crippen LogP contribution in [0.1, 0.15) is 46.2 Å². The number of likely N-dealkylation sites (tertiary alicyclic amines) is 1. The van der Waals surface area contributed by atoms with Gasteiger partial charge in [-0.15, -0.1) is 0 Å². The van der Waals surface area contributed by atoms with Crippen LogP contribution in [0.15, 0.2) is 30.5 Å². The van der Waals surface area contributed by atoms with E-state index in [1.165, 1.54) is 12.3 Å². The van der Waals surface area contributed by atoms with Gasteiger partial charge < -0.3 is 10.3 Å². The molecule has 7 nitrogen and oxygen atoms in total. The van der Waals surface area contributed by atoms with Gasteiger partial charge in [-0.1, -0.05) is 6.07 Å². The van der Waals surface area contributed by atoms with Crippen molar-refractivity contribution in [2.45, 2.75) is 32.0 Å². The van der Waals surface area contributed by atoms with Crippen molar-refractivity contribution < 1.29 is 18.0 Å². The number of anilines is 1. The molecule has 0 unspecified atom stereocenters. The van der Waals surface area contributed by atoms with Crippen LogP contribution >= 0.6 is 0 Å². The Morgan fingerprint density at radius 3 is 2.70 bits per heavy atom. The maximum absolute atomic E-state index is 13.9. The fourth-order valence-electron chi connectivity index (χ4n) is 4.78. The number of amides is 1. The molecule has 5 rings (SSSR count). The second-order valence-electron chi connectivity index (χ2n) is 8.56. The topological polar surface area (TPSA) is 78.8 Å². The molecule has 2 N–H and O–H groups in total. The van der Waals surface area contributed by atoms with E-state index in [4.69, 9.17) is 0 Å². The van der Waals surface area contributed by atoms with E-state index in [2.05, 4.69) is 20.4 Å². The standard InChI is InChI=1S/C23H23F3N6O/c1-12-14-7-6-13(9-18(14)32(3)30-12)22(33)29-19-10-16-15(11-27-19)20(23(24,25)26)21(28-16)17-5-4-8-31(17)2/h6-7,9-11,17,28H,4-5,8H2,1-3H3,(H,27,29,33)/t17-/m0/s1. The molecule has 33 heavy (non-hydrogen) atoms. The van der Waals surface area contributed by atoms with Crippen molar-refractivity contribution in [3.05, 3.63) is 53.0 Å². The predicted molar refractivity (Wildman–Crippen MR) is 119 cm³/mol. The first-order valence-electron chi connectivity index (χ1n) is 10.7. The number of aryl methyl sites for hydroxylation is 2. The molecule has 0 saturated carbocycles. The van der Waals surface area contributed by atoms with Crippen LogP contribution in [0.3, 0.4) is 0 Å². The van der Waals surface area contributed by atoms with Gasteiger partial charge >= 0.3 is 6.18 Å². The van der Waals surface area contributed by atoms with E-state index in [9.17, 15) is 18.0 Å². The minimum atomic E-state index is -4.51. The van der Waals surface area contributed by atoms with Gasteiger partial charge in [0, 0.05) is 41.3 Å². The number of alkyl halides is 3. The highest BCUT2D eigenvalue weighted by Crippen LogP contribution is 2.43. The SMILES string of the molecule is Cc1nn(C)c2cc(C(=O)Nc3cc4[nH]c([C@@H]5CCCN5C)c(C(F)(F)F)c4cn3)ccc12. The molecule has 4 aromatic rings. The summed E-state index contributed by atoms with van der Waals surface area (Å²) >= 11 is 0.